The van der Waals surface area contributed by atoms with E-state index in [-0.39, 0.29) is 31.1 Å². The Morgan fingerprint density at radius 2 is 1.89 bits per heavy atom. The SMILES string of the molecule is O=C1CC(c2ccccc2)NC(n2nc(-c3ccco3)cc2NC(=O)c2ccc3c(c2)OCO3)N1. The largest absolute Gasteiger partial charge is 0.463 e. The third-order valence-electron chi connectivity index (χ3n) is 5.88. The predicted octanol–water partition coefficient (Wildman–Crippen LogP) is 3.43. The summed E-state index contributed by atoms with van der Waals surface area (Å²) in [7, 11) is 0. The maximum absolute atomic E-state index is 13.1. The second-order valence-corrected chi connectivity index (χ2v) is 8.16. The highest BCUT2D eigenvalue weighted by molar-refractivity contribution is 6.04. The number of nitrogens with zero attached hydrogens (tertiary/aromatic N) is 2. The number of carbonyl (C=O) groups is 2. The summed E-state index contributed by atoms with van der Waals surface area (Å²) < 4.78 is 17.7. The number of furan rings is 1. The molecular weight excluding hydrogens is 450 g/mol. The zero-order valence-electron chi connectivity index (χ0n) is 18.4. The van der Waals surface area contributed by atoms with Crippen LogP contribution in [0.15, 0.2) is 77.4 Å². The van der Waals surface area contributed by atoms with Crippen LogP contribution in [0.25, 0.3) is 11.5 Å². The minimum atomic E-state index is -0.697. The van der Waals surface area contributed by atoms with E-state index in [1.54, 1.807) is 42.7 Å². The average Bonchev–Trinajstić information content (AvgIpc) is 3.64. The molecule has 35 heavy (non-hydrogen) atoms. The molecule has 2 aromatic carbocycles. The van der Waals surface area contributed by atoms with Crippen LogP contribution >= 0.6 is 0 Å². The van der Waals surface area contributed by atoms with Crippen molar-refractivity contribution in [2.75, 3.05) is 12.1 Å². The van der Waals surface area contributed by atoms with Gasteiger partial charge >= 0.3 is 0 Å². The van der Waals surface area contributed by atoms with Gasteiger partial charge in [-0.3, -0.25) is 14.9 Å². The number of aromatic nitrogens is 2. The molecule has 4 aromatic rings. The van der Waals surface area contributed by atoms with Gasteiger partial charge < -0.3 is 24.5 Å². The number of nitrogens with one attached hydrogen (secondary N) is 3. The van der Waals surface area contributed by atoms with Crippen molar-refractivity contribution in [1.29, 1.82) is 0 Å². The summed E-state index contributed by atoms with van der Waals surface area (Å²) in [6.45, 7) is 0.120. The van der Waals surface area contributed by atoms with Crippen LogP contribution in [0.5, 0.6) is 11.5 Å². The third kappa shape index (κ3) is 4.11. The second-order valence-electron chi connectivity index (χ2n) is 8.16. The lowest BCUT2D eigenvalue weighted by atomic mass is 10.0. The van der Waals surface area contributed by atoms with Crippen molar-refractivity contribution in [2.24, 2.45) is 0 Å². The van der Waals surface area contributed by atoms with Gasteiger partial charge in [0.1, 0.15) is 11.5 Å². The molecule has 3 N–H and O–H groups in total. The molecule has 2 aliphatic heterocycles. The maximum Gasteiger partial charge on any atom is 0.256 e. The molecule has 2 unspecified atom stereocenters. The van der Waals surface area contributed by atoms with Crippen molar-refractivity contribution in [3.63, 3.8) is 0 Å². The van der Waals surface area contributed by atoms with Crippen molar-refractivity contribution < 1.29 is 23.5 Å². The molecule has 2 aromatic heterocycles. The Hall–Kier alpha value is -4.57. The van der Waals surface area contributed by atoms with Crippen LogP contribution in [-0.4, -0.2) is 28.4 Å². The molecule has 0 aliphatic carbocycles. The van der Waals surface area contributed by atoms with Crippen LogP contribution in [-0.2, 0) is 4.79 Å². The number of hydrogen-bond donors (Lipinski definition) is 3. The highest BCUT2D eigenvalue weighted by Gasteiger charge is 2.30. The molecule has 2 atom stereocenters. The van der Waals surface area contributed by atoms with Crippen LogP contribution in [0.2, 0.25) is 0 Å². The lowest BCUT2D eigenvalue weighted by Crippen LogP contribution is -2.50. The Balaban J connectivity index is 1.33. The fourth-order valence-corrected chi connectivity index (χ4v) is 4.17. The van der Waals surface area contributed by atoms with E-state index < -0.39 is 6.29 Å². The van der Waals surface area contributed by atoms with Gasteiger partial charge in [0.25, 0.3) is 5.91 Å². The molecule has 1 fully saturated rings. The van der Waals surface area contributed by atoms with Crippen LogP contribution < -0.4 is 25.4 Å². The molecule has 0 spiro atoms. The number of anilines is 1. The average molecular weight is 471 g/mol. The number of hydrogen-bond acceptors (Lipinski definition) is 7. The van der Waals surface area contributed by atoms with E-state index in [0.717, 1.165) is 5.56 Å². The number of carbonyl (C=O) groups excluding carboxylic acids is 2. The number of fused-ring (bicyclic) bond motifs is 1. The molecule has 0 radical (unpaired) electrons. The number of benzene rings is 2. The molecule has 6 rings (SSSR count). The number of ether oxygens (including phenoxy) is 2. The zero-order chi connectivity index (χ0) is 23.8. The fraction of sp³-hybridized carbons (Fsp3) is 0.160. The van der Waals surface area contributed by atoms with E-state index in [1.807, 2.05) is 30.3 Å². The van der Waals surface area contributed by atoms with Gasteiger partial charge in [-0.1, -0.05) is 30.3 Å². The van der Waals surface area contributed by atoms with Gasteiger partial charge in [0.05, 0.1) is 6.26 Å². The van der Waals surface area contributed by atoms with Crippen molar-refractivity contribution in [1.82, 2.24) is 20.4 Å². The molecule has 10 heteroatoms. The highest BCUT2D eigenvalue weighted by Crippen LogP contribution is 2.33. The van der Waals surface area contributed by atoms with Crippen LogP contribution in [0.1, 0.15) is 34.7 Å². The Labute approximate surface area is 199 Å². The molecular formula is C25H21N5O5. The molecule has 1 saturated heterocycles. The van der Waals surface area contributed by atoms with Crippen molar-refractivity contribution >= 4 is 17.6 Å². The van der Waals surface area contributed by atoms with Gasteiger partial charge in [0.2, 0.25) is 12.7 Å². The van der Waals surface area contributed by atoms with Gasteiger partial charge in [0.15, 0.2) is 23.5 Å². The summed E-state index contributed by atoms with van der Waals surface area (Å²) in [5, 5.41) is 13.9. The Kier molecular flexibility index (Phi) is 5.19. The predicted molar refractivity (Wildman–Crippen MR) is 125 cm³/mol. The van der Waals surface area contributed by atoms with Crippen molar-refractivity contribution in [2.45, 2.75) is 18.8 Å². The summed E-state index contributed by atoms with van der Waals surface area (Å²) in [5.41, 5.74) is 1.88. The second kappa shape index (κ2) is 8.65. The van der Waals surface area contributed by atoms with E-state index in [2.05, 4.69) is 21.0 Å². The monoisotopic (exact) mass is 471 g/mol. The Morgan fingerprint density at radius 1 is 1.03 bits per heavy atom. The summed E-state index contributed by atoms with van der Waals surface area (Å²) >= 11 is 0. The smallest absolute Gasteiger partial charge is 0.256 e. The Morgan fingerprint density at radius 3 is 2.71 bits per heavy atom. The van der Waals surface area contributed by atoms with Gasteiger partial charge in [-0.2, -0.15) is 5.10 Å². The van der Waals surface area contributed by atoms with Crippen LogP contribution in [0, 0.1) is 0 Å². The fourth-order valence-electron chi connectivity index (χ4n) is 4.17. The summed E-state index contributed by atoms with van der Waals surface area (Å²) in [6, 6.07) is 19.7. The lowest BCUT2D eigenvalue weighted by Gasteiger charge is -2.32. The lowest BCUT2D eigenvalue weighted by molar-refractivity contribution is -0.125. The van der Waals surface area contributed by atoms with Gasteiger partial charge in [-0.15, -0.1) is 0 Å². The standard InChI is InChI=1S/C25H21N5O5/c31-23-13-17(15-5-2-1-3-6-15)26-25(28-23)30-22(12-18(29-30)19-7-4-10-33-19)27-24(32)16-8-9-20-21(11-16)35-14-34-20/h1-12,17,25-26H,13-14H2,(H,27,32)(H,28,31). The molecule has 0 bridgehead atoms. The van der Waals surface area contributed by atoms with E-state index in [0.29, 0.717) is 34.3 Å². The Bertz CT molecular complexity index is 1380. The molecule has 2 aliphatic rings. The minimum absolute atomic E-state index is 0.120. The first-order valence-corrected chi connectivity index (χ1v) is 11.1. The first-order valence-electron chi connectivity index (χ1n) is 11.1. The summed E-state index contributed by atoms with van der Waals surface area (Å²) in [6.07, 6.45) is 1.13. The third-order valence-corrected chi connectivity index (χ3v) is 5.88. The summed E-state index contributed by atoms with van der Waals surface area (Å²) in [5.74, 6) is 1.51. The molecule has 10 nitrogen and oxygen atoms in total. The number of rotatable bonds is 5. The van der Waals surface area contributed by atoms with Crippen LogP contribution in [0.4, 0.5) is 5.82 Å². The van der Waals surface area contributed by atoms with E-state index in [1.165, 1.54) is 4.68 Å². The van der Waals surface area contributed by atoms with Gasteiger partial charge in [-0.05, 0) is 35.9 Å². The van der Waals surface area contributed by atoms with Gasteiger partial charge in [0, 0.05) is 24.1 Å². The molecule has 176 valence electrons. The van der Waals surface area contributed by atoms with E-state index in [4.69, 9.17) is 13.9 Å². The summed E-state index contributed by atoms with van der Waals surface area (Å²) in [4.78, 5) is 25.7. The minimum Gasteiger partial charge on any atom is -0.463 e. The van der Waals surface area contributed by atoms with Crippen LogP contribution in [0.3, 0.4) is 0 Å². The van der Waals surface area contributed by atoms with E-state index >= 15 is 0 Å². The van der Waals surface area contributed by atoms with Crippen molar-refractivity contribution in [3.8, 4) is 23.0 Å². The first-order chi connectivity index (χ1) is 17.1. The molecule has 4 heterocycles. The van der Waals surface area contributed by atoms with Gasteiger partial charge in [-0.25, -0.2) is 4.68 Å². The first kappa shape index (κ1) is 21.0. The molecule has 2 amide bonds. The maximum atomic E-state index is 13.1. The zero-order valence-corrected chi connectivity index (χ0v) is 18.4. The van der Waals surface area contributed by atoms with E-state index in [9.17, 15) is 9.59 Å². The quantitative estimate of drug-likeness (QED) is 0.408. The highest BCUT2D eigenvalue weighted by atomic mass is 16.7. The van der Waals surface area contributed by atoms with Crippen molar-refractivity contribution in [3.05, 3.63) is 84.1 Å². The number of amides is 2. The molecule has 0 saturated carbocycles. The topological polar surface area (TPSA) is 120 Å². The normalized spacial score (nSPS) is 18.8.